The normalized spacial score (nSPS) is 10.1. The molecule has 0 atom stereocenters. The maximum atomic E-state index is 11.3. The molecule has 0 aromatic carbocycles. The van der Waals surface area contributed by atoms with Crippen LogP contribution in [0.15, 0.2) is 18.5 Å². The average molecular weight is 134 g/mol. The van der Waals surface area contributed by atoms with Gasteiger partial charge in [-0.25, -0.2) is 0 Å². The summed E-state index contributed by atoms with van der Waals surface area (Å²) in [4.78, 5) is 4.53. The van der Waals surface area contributed by atoms with E-state index in [-0.39, 0.29) is 0 Å². The van der Waals surface area contributed by atoms with Gasteiger partial charge in [0.25, 0.3) is 0 Å². The lowest BCUT2D eigenvalue weighted by Gasteiger charge is -1.99. The first kappa shape index (κ1) is 6.00. The molecule has 1 aromatic rings. The van der Waals surface area contributed by atoms with Gasteiger partial charge in [-0.15, -0.1) is 9.94 Å². The highest BCUT2D eigenvalue weighted by atomic mass is 19.3. The molecular formula is C4H4F2N2O. The number of hydrogen-bond donors (Lipinski definition) is 0. The Morgan fingerprint density at radius 1 is 1.56 bits per heavy atom. The quantitative estimate of drug-likeness (QED) is 0.590. The van der Waals surface area contributed by atoms with E-state index < -0.39 is 6.61 Å². The van der Waals surface area contributed by atoms with Crippen LogP contribution in [-0.4, -0.2) is 16.6 Å². The standard InChI is InChI=1S/C4H4F2N2O/c5-4(6)9-8-3-1-2-7-8/h1-4H. The van der Waals surface area contributed by atoms with Crippen molar-refractivity contribution in [3.63, 3.8) is 0 Å². The van der Waals surface area contributed by atoms with Crippen molar-refractivity contribution < 1.29 is 13.6 Å². The van der Waals surface area contributed by atoms with E-state index >= 15 is 0 Å². The fourth-order valence-corrected chi connectivity index (χ4v) is 0.399. The number of halogens is 2. The monoisotopic (exact) mass is 134 g/mol. The Kier molecular flexibility index (Phi) is 1.62. The summed E-state index contributed by atoms with van der Waals surface area (Å²) >= 11 is 0. The van der Waals surface area contributed by atoms with Crippen molar-refractivity contribution in [3.05, 3.63) is 18.5 Å². The fraction of sp³-hybridized carbons (Fsp3) is 0.250. The molecule has 3 nitrogen and oxygen atoms in total. The molecule has 0 radical (unpaired) electrons. The lowest BCUT2D eigenvalue weighted by Crippen LogP contribution is -2.16. The zero-order valence-electron chi connectivity index (χ0n) is 4.37. The maximum absolute atomic E-state index is 11.3. The smallest absolute Gasteiger partial charge is 0.327 e. The van der Waals surface area contributed by atoms with E-state index in [9.17, 15) is 8.78 Å². The Hall–Kier alpha value is -1.13. The Morgan fingerprint density at radius 3 is 2.78 bits per heavy atom. The summed E-state index contributed by atoms with van der Waals surface area (Å²) in [6.45, 7) is -2.81. The molecule has 9 heavy (non-hydrogen) atoms. The number of rotatable bonds is 2. The second kappa shape index (κ2) is 2.43. The molecule has 0 unspecified atom stereocenters. The van der Waals surface area contributed by atoms with Crippen molar-refractivity contribution in [1.29, 1.82) is 0 Å². The highest BCUT2D eigenvalue weighted by molar-refractivity contribution is 4.74. The Labute approximate surface area is 49.8 Å². The van der Waals surface area contributed by atoms with Crippen LogP contribution in [0.2, 0.25) is 0 Å². The SMILES string of the molecule is FC(F)On1cccn1. The third kappa shape index (κ3) is 1.67. The average Bonchev–Trinajstić information content (AvgIpc) is 2.15. The van der Waals surface area contributed by atoms with Crippen molar-refractivity contribution in [2.24, 2.45) is 0 Å². The number of alkyl halides is 2. The molecule has 0 saturated carbocycles. The van der Waals surface area contributed by atoms with E-state index in [1.807, 2.05) is 0 Å². The molecule has 50 valence electrons. The van der Waals surface area contributed by atoms with Crippen LogP contribution in [-0.2, 0) is 0 Å². The van der Waals surface area contributed by atoms with E-state index in [0.717, 1.165) is 0 Å². The second-order valence-electron chi connectivity index (χ2n) is 1.27. The van der Waals surface area contributed by atoms with Gasteiger partial charge in [0.2, 0.25) is 0 Å². The van der Waals surface area contributed by atoms with Crippen LogP contribution in [0.4, 0.5) is 8.78 Å². The van der Waals surface area contributed by atoms with Crippen molar-refractivity contribution in [2.45, 2.75) is 6.61 Å². The van der Waals surface area contributed by atoms with Crippen molar-refractivity contribution in [1.82, 2.24) is 9.94 Å². The molecule has 5 heteroatoms. The molecule has 0 bridgehead atoms. The summed E-state index contributed by atoms with van der Waals surface area (Å²) in [5.74, 6) is 0. The van der Waals surface area contributed by atoms with Crippen LogP contribution in [0.25, 0.3) is 0 Å². The van der Waals surface area contributed by atoms with Gasteiger partial charge in [-0.3, -0.25) is 0 Å². The number of nitrogens with zero attached hydrogens (tertiary/aromatic N) is 2. The largest absolute Gasteiger partial charge is 0.407 e. The summed E-state index contributed by atoms with van der Waals surface area (Å²) in [6.07, 6.45) is 2.63. The Morgan fingerprint density at radius 2 is 2.33 bits per heavy atom. The third-order valence-electron chi connectivity index (χ3n) is 0.668. The first-order chi connectivity index (χ1) is 4.29. The Bertz CT molecular complexity index is 163. The Balaban J connectivity index is 2.48. The number of aromatic nitrogens is 2. The molecule has 0 spiro atoms. The first-order valence-corrected chi connectivity index (χ1v) is 2.24. The van der Waals surface area contributed by atoms with Gasteiger partial charge in [0, 0.05) is 0 Å². The summed E-state index contributed by atoms with van der Waals surface area (Å²) in [7, 11) is 0. The predicted molar refractivity (Wildman–Crippen MR) is 24.8 cm³/mol. The second-order valence-corrected chi connectivity index (χ2v) is 1.27. The van der Waals surface area contributed by atoms with E-state index in [4.69, 9.17) is 0 Å². The zero-order chi connectivity index (χ0) is 6.69. The lowest BCUT2D eigenvalue weighted by atomic mass is 10.8. The van der Waals surface area contributed by atoms with Crippen LogP contribution >= 0.6 is 0 Å². The van der Waals surface area contributed by atoms with Gasteiger partial charge in [0.1, 0.15) is 0 Å². The minimum absolute atomic E-state index is 0.699. The molecule has 0 aliphatic carbocycles. The van der Waals surface area contributed by atoms with E-state index in [2.05, 4.69) is 9.94 Å². The van der Waals surface area contributed by atoms with Gasteiger partial charge in [-0.05, 0) is 6.07 Å². The van der Waals surface area contributed by atoms with E-state index in [1.165, 1.54) is 18.5 Å². The molecule has 1 heterocycles. The number of hydrogen-bond acceptors (Lipinski definition) is 2. The first-order valence-electron chi connectivity index (χ1n) is 2.24. The molecule has 0 saturated heterocycles. The van der Waals surface area contributed by atoms with Crippen LogP contribution in [0.3, 0.4) is 0 Å². The van der Waals surface area contributed by atoms with Gasteiger partial charge in [0.15, 0.2) is 0 Å². The van der Waals surface area contributed by atoms with Gasteiger partial charge < -0.3 is 4.84 Å². The molecule has 0 aliphatic rings. The van der Waals surface area contributed by atoms with E-state index in [0.29, 0.717) is 4.85 Å². The highest BCUT2D eigenvalue weighted by Gasteiger charge is 2.01. The van der Waals surface area contributed by atoms with E-state index in [1.54, 1.807) is 0 Å². The van der Waals surface area contributed by atoms with Crippen LogP contribution < -0.4 is 4.84 Å². The summed E-state index contributed by atoms with van der Waals surface area (Å²) in [5, 5.41) is 3.37. The topological polar surface area (TPSA) is 27.1 Å². The maximum Gasteiger partial charge on any atom is 0.407 e. The van der Waals surface area contributed by atoms with Crippen molar-refractivity contribution in [3.8, 4) is 0 Å². The molecule has 0 amide bonds. The van der Waals surface area contributed by atoms with Crippen molar-refractivity contribution in [2.75, 3.05) is 0 Å². The zero-order valence-corrected chi connectivity index (χ0v) is 4.37. The van der Waals surface area contributed by atoms with Crippen molar-refractivity contribution >= 4 is 0 Å². The fourth-order valence-electron chi connectivity index (χ4n) is 0.399. The third-order valence-corrected chi connectivity index (χ3v) is 0.668. The predicted octanol–water partition coefficient (Wildman–Crippen LogP) is 0.534. The summed E-state index contributed by atoms with van der Waals surface area (Å²) < 4.78 is 22.6. The van der Waals surface area contributed by atoms with Crippen LogP contribution in [0, 0.1) is 0 Å². The van der Waals surface area contributed by atoms with Crippen LogP contribution in [0.1, 0.15) is 0 Å². The highest BCUT2D eigenvalue weighted by Crippen LogP contribution is 1.89. The molecule has 0 aliphatic heterocycles. The molecule has 1 rings (SSSR count). The summed E-state index contributed by atoms with van der Waals surface area (Å²) in [6, 6.07) is 1.49. The lowest BCUT2D eigenvalue weighted by molar-refractivity contribution is -0.143. The summed E-state index contributed by atoms with van der Waals surface area (Å²) in [5.41, 5.74) is 0. The van der Waals surface area contributed by atoms with Gasteiger partial charge in [-0.2, -0.15) is 8.78 Å². The molecule has 0 N–H and O–H groups in total. The molecular weight excluding hydrogens is 130 g/mol. The molecule has 1 aromatic heterocycles. The van der Waals surface area contributed by atoms with Gasteiger partial charge >= 0.3 is 6.61 Å². The van der Waals surface area contributed by atoms with Crippen LogP contribution in [0.5, 0.6) is 0 Å². The minimum Gasteiger partial charge on any atom is -0.327 e. The van der Waals surface area contributed by atoms with Gasteiger partial charge in [-0.1, -0.05) is 0 Å². The molecule has 0 fully saturated rings. The van der Waals surface area contributed by atoms with Gasteiger partial charge in [0.05, 0.1) is 12.4 Å². The minimum atomic E-state index is -2.81.